The molecule has 1 saturated heterocycles. The van der Waals surface area contributed by atoms with Crippen LogP contribution in [0.5, 0.6) is 0 Å². The number of hydrogen-bond acceptors (Lipinski definition) is 6. The van der Waals surface area contributed by atoms with E-state index in [4.69, 9.17) is 8.92 Å². The van der Waals surface area contributed by atoms with E-state index in [-0.39, 0.29) is 18.8 Å². The topological polar surface area (TPSA) is 99.0 Å². The molecule has 0 amide bonds. The molecule has 1 heterocycles. The van der Waals surface area contributed by atoms with Crippen molar-refractivity contribution in [3.05, 3.63) is 34.4 Å². The predicted octanol–water partition coefficient (Wildman–Crippen LogP) is 1.09. The fourth-order valence-corrected chi connectivity index (χ4v) is 2.53. The first kappa shape index (κ1) is 12.9. The number of para-hydroxylation sites is 1. The van der Waals surface area contributed by atoms with Crippen LogP contribution in [0, 0.1) is 10.1 Å². The quantitative estimate of drug-likeness (QED) is 0.344. The maximum absolute atomic E-state index is 11.8. The van der Waals surface area contributed by atoms with Gasteiger partial charge >= 0.3 is 10.1 Å². The van der Waals surface area contributed by atoms with Crippen LogP contribution in [0.2, 0.25) is 0 Å². The minimum Gasteiger partial charge on any atom is -0.367 e. The number of epoxide rings is 1. The Kier molecular flexibility index (Phi) is 3.33. The summed E-state index contributed by atoms with van der Waals surface area (Å²) in [6, 6.07) is 5.06. The fourth-order valence-electron chi connectivity index (χ4n) is 1.44. The molecule has 2 rings (SSSR count). The third-order valence-corrected chi connectivity index (χ3v) is 3.89. The summed E-state index contributed by atoms with van der Waals surface area (Å²) in [5.41, 5.74) is -0.498. The van der Waals surface area contributed by atoms with Crippen LogP contribution in [0.15, 0.2) is 29.2 Å². The number of nitro groups is 1. The van der Waals surface area contributed by atoms with E-state index in [1.807, 2.05) is 0 Å². The number of benzene rings is 1. The summed E-state index contributed by atoms with van der Waals surface area (Å²) in [6.07, 6.45) is -0.298. The van der Waals surface area contributed by atoms with Crippen LogP contribution in [0.25, 0.3) is 0 Å². The first-order chi connectivity index (χ1) is 8.42. The van der Waals surface area contributed by atoms with Crippen molar-refractivity contribution in [2.45, 2.75) is 24.0 Å². The number of rotatable bonds is 5. The Labute approximate surface area is 104 Å². The van der Waals surface area contributed by atoms with Crippen molar-refractivity contribution in [1.82, 2.24) is 0 Å². The van der Waals surface area contributed by atoms with E-state index in [1.54, 1.807) is 6.92 Å². The van der Waals surface area contributed by atoms with E-state index in [0.717, 1.165) is 12.1 Å². The predicted molar refractivity (Wildman–Crippen MR) is 60.6 cm³/mol. The van der Waals surface area contributed by atoms with Crippen LogP contribution >= 0.6 is 0 Å². The molecule has 0 bridgehead atoms. The second-order valence-corrected chi connectivity index (χ2v) is 5.43. The molecule has 0 aromatic heterocycles. The molecule has 0 spiro atoms. The van der Waals surface area contributed by atoms with Gasteiger partial charge in [0.05, 0.1) is 17.6 Å². The molecule has 0 radical (unpaired) electrons. The molecule has 1 fully saturated rings. The highest BCUT2D eigenvalue weighted by atomic mass is 32.2. The van der Waals surface area contributed by atoms with Crippen LogP contribution in [0.3, 0.4) is 0 Å². The SMILES string of the molecule is C[C@H]1O[C@@H]1COS(=O)(=O)c1ccccc1[N+](=O)[O-]. The summed E-state index contributed by atoms with van der Waals surface area (Å²) < 4.78 is 33.4. The van der Waals surface area contributed by atoms with E-state index in [2.05, 4.69) is 0 Å². The Hall–Kier alpha value is -1.51. The molecule has 2 atom stereocenters. The lowest BCUT2D eigenvalue weighted by Crippen LogP contribution is -2.13. The van der Waals surface area contributed by atoms with Crippen molar-refractivity contribution in [3.63, 3.8) is 0 Å². The molecule has 0 saturated carbocycles. The molecule has 1 aliphatic rings. The highest BCUT2D eigenvalue weighted by Gasteiger charge is 2.37. The van der Waals surface area contributed by atoms with Crippen molar-refractivity contribution >= 4 is 15.8 Å². The minimum atomic E-state index is -4.14. The second-order valence-electron chi connectivity index (χ2n) is 3.84. The van der Waals surface area contributed by atoms with Gasteiger partial charge < -0.3 is 4.74 Å². The van der Waals surface area contributed by atoms with Crippen molar-refractivity contribution in [2.24, 2.45) is 0 Å². The highest BCUT2D eigenvalue weighted by Crippen LogP contribution is 2.27. The molecule has 0 N–H and O–H groups in total. The molecule has 98 valence electrons. The average Bonchev–Trinajstić information content (AvgIpc) is 3.03. The van der Waals surface area contributed by atoms with Gasteiger partial charge in [-0.2, -0.15) is 8.42 Å². The zero-order valence-electron chi connectivity index (χ0n) is 9.48. The van der Waals surface area contributed by atoms with Gasteiger partial charge in [0.15, 0.2) is 4.90 Å². The summed E-state index contributed by atoms with van der Waals surface area (Å²) in [5, 5.41) is 10.7. The van der Waals surface area contributed by atoms with Crippen LogP contribution in [-0.2, 0) is 19.0 Å². The maximum Gasteiger partial charge on any atom is 0.303 e. The number of nitrogens with zero attached hydrogens (tertiary/aromatic N) is 1. The Morgan fingerprint density at radius 1 is 1.44 bits per heavy atom. The zero-order chi connectivity index (χ0) is 13.3. The van der Waals surface area contributed by atoms with E-state index < -0.39 is 25.6 Å². The van der Waals surface area contributed by atoms with Crippen LogP contribution in [0.4, 0.5) is 5.69 Å². The Bertz CT molecular complexity index is 569. The van der Waals surface area contributed by atoms with Crippen molar-refractivity contribution < 1.29 is 22.3 Å². The third kappa shape index (κ3) is 2.66. The number of hydrogen-bond donors (Lipinski definition) is 0. The largest absolute Gasteiger partial charge is 0.367 e. The van der Waals surface area contributed by atoms with Crippen molar-refractivity contribution in [2.75, 3.05) is 6.61 Å². The van der Waals surface area contributed by atoms with E-state index in [1.165, 1.54) is 12.1 Å². The van der Waals surface area contributed by atoms with Gasteiger partial charge in [0.25, 0.3) is 5.69 Å². The van der Waals surface area contributed by atoms with Gasteiger partial charge in [-0.15, -0.1) is 0 Å². The molecule has 1 aromatic rings. The van der Waals surface area contributed by atoms with Gasteiger partial charge in [-0.25, -0.2) is 0 Å². The minimum absolute atomic E-state index is 0.0361. The summed E-state index contributed by atoms with van der Waals surface area (Å²) in [5.74, 6) is 0. The smallest absolute Gasteiger partial charge is 0.303 e. The average molecular weight is 273 g/mol. The van der Waals surface area contributed by atoms with Gasteiger partial charge in [0.1, 0.15) is 6.10 Å². The summed E-state index contributed by atoms with van der Waals surface area (Å²) in [4.78, 5) is 9.53. The summed E-state index contributed by atoms with van der Waals surface area (Å²) in [6.45, 7) is 1.65. The van der Waals surface area contributed by atoms with Crippen molar-refractivity contribution in [1.29, 1.82) is 0 Å². The second kappa shape index (κ2) is 4.63. The number of ether oxygens (including phenoxy) is 1. The molecule has 8 heteroatoms. The highest BCUT2D eigenvalue weighted by molar-refractivity contribution is 7.87. The fraction of sp³-hybridized carbons (Fsp3) is 0.400. The van der Waals surface area contributed by atoms with Gasteiger partial charge in [-0.05, 0) is 13.0 Å². The lowest BCUT2D eigenvalue weighted by atomic mass is 10.3. The van der Waals surface area contributed by atoms with Crippen LogP contribution < -0.4 is 0 Å². The van der Waals surface area contributed by atoms with E-state index >= 15 is 0 Å². The zero-order valence-corrected chi connectivity index (χ0v) is 10.3. The third-order valence-electron chi connectivity index (χ3n) is 2.56. The Morgan fingerprint density at radius 3 is 2.61 bits per heavy atom. The Balaban J connectivity index is 2.21. The molecule has 1 aromatic carbocycles. The molecule has 1 aliphatic heterocycles. The number of nitro benzene ring substituents is 1. The van der Waals surface area contributed by atoms with E-state index in [9.17, 15) is 18.5 Å². The van der Waals surface area contributed by atoms with Crippen LogP contribution in [-0.4, -0.2) is 32.2 Å². The molecular weight excluding hydrogens is 262 g/mol. The lowest BCUT2D eigenvalue weighted by Gasteiger charge is -2.04. The molecule has 0 unspecified atom stereocenters. The monoisotopic (exact) mass is 273 g/mol. The van der Waals surface area contributed by atoms with Gasteiger partial charge in [-0.3, -0.25) is 14.3 Å². The summed E-state index contributed by atoms with van der Waals surface area (Å²) in [7, 11) is -4.14. The molecular formula is C10H11NO6S. The van der Waals surface area contributed by atoms with Gasteiger partial charge in [0, 0.05) is 6.07 Å². The lowest BCUT2D eigenvalue weighted by molar-refractivity contribution is -0.387. The van der Waals surface area contributed by atoms with Crippen LogP contribution in [0.1, 0.15) is 6.92 Å². The normalized spacial score (nSPS) is 22.7. The van der Waals surface area contributed by atoms with Crippen molar-refractivity contribution in [3.8, 4) is 0 Å². The van der Waals surface area contributed by atoms with E-state index in [0.29, 0.717) is 0 Å². The first-order valence-corrected chi connectivity index (χ1v) is 6.61. The molecule has 18 heavy (non-hydrogen) atoms. The standard InChI is InChI=1S/C10H11NO6S/c1-7-9(17-7)6-16-18(14,15)10-5-3-2-4-8(10)11(12)13/h2-5,7,9H,6H2,1H3/t7-,9-/m1/s1. The summed E-state index contributed by atoms with van der Waals surface area (Å²) >= 11 is 0. The van der Waals surface area contributed by atoms with Gasteiger partial charge in [-0.1, -0.05) is 12.1 Å². The molecule has 7 nitrogen and oxygen atoms in total. The first-order valence-electron chi connectivity index (χ1n) is 5.20. The molecule has 0 aliphatic carbocycles. The van der Waals surface area contributed by atoms with Gasteiger partial charge in [0.2, 0.25) is 0 Å². The Morgan fingerprint density at radius 2 is 2.06 bits per heavy atom. The maximum atomic E-state index is 11.8.